The molecule has 0 radical (unpaired) electrons. The highest BCUT2D eigenvalue weighted by Gasteiger charge is 2.28. The van der Waals surface area contributed by atoms with Crippen molar-refractivity contribution in [3.8, 4) is 11.4 Å². The number of urea groups is 1. The van der Waals surface area contributed by atoms with E-state index in [4.69, 9.17) is 4.74 Å². The van der Waals surface area contributed by atoms with Gasteiger partial charge in [0.05, 0.1) is 30.4 Å². The quantitative estimate of drug-likeness (QED) is 0.708. The van der Waals surface area contributed by atoms with Gasteiger partial charge in [-0.15, -0.1) is 0 Å². The summed E-state index contributed by atoms with van der Waals surface area (Å²) in [5.41, 5.74) is 4.36. The van der Waals surface area contributed by atoms with E-state index < -0.39 is 0 Å². The summed E-state index contributed by atoms with van der Waals surface area (Å²) in [7, 11) is 1.56. The number of methoxy groups -OCH3 is 1. The average Bonchev–Trinajstić information content (AvgIpc) is 3.44. The van der Waals surface area contributed by atoms with Crippen LogP contribution in [0.2, 0.25) is 0 Å². The van der Waals surface area contributed by atoms with Crippen molar-refractivity contribution in [3.63, 3.8) is 0 Å². The van der Waals surface area contributed by atoms with Crippen LogP contribution < -0.4 is 15.0 Å². The van der Waals surface area contributed by atoms with Crippen LogP contribution in [-0.2, 0) is 13.0 Å². The molecule has 1 saturated heterocycles. The second-order valence-electron chi connectivity index (χ2n) is 7.61. The average molecular weight is 417 g/mol. The first-order valence-electron chi connectivity index (χ1n) is 10.3. The van der Waals surface area contributed by atoms with Gasteiger partial charge in [-0.05, 0) is 30.3 Å². The first-order chi connectivity index (χ1) is 15.2. The Morgan fingerprint density at radius 3 is 2.71 bits per heavy atom. The van der Waals surface area contributed by atoms with Crippen LogP contribution in [0.3, 0.4) is 0 Å². The lowest BCUT2D eigenvalue weighted by Gasteiger charge is -2.28. The summed E-state index contributed by atoms with van der Waals surface area (Å²) in [5, 5.41) is 7.33. The highest BCUT2D eigenvalue weighted by molar-refractivity contribution is 6.00. The lowest BCUT2D eigenvalue weighted by Crippen LogP contribution is -2.36. The van der Waals surface area contributed by atoms with Crippen LogP contribution in [0, 0.1) is 0 Å². The van der Waals surface area contributed by atoms with Gasteiger partial charge in [-0.1, -0.05) is 18.2 Å². The topological polar surface area (TPSA) is 79.7 Å². The van der Waals surface area contributed by atoms with Crippen molar-refractivity contribution in [1.29, 1.82) is 0 Å². The van der Waals surface area contributed by atoms with Gasteiger partial charge in [-0.3, -0.25) is 9.69 Å². The van der Waals surface area contributed by atoms with Crippen LogP contribution in [0.15, 0.2) is 54.7 Å². The van der Waals surface area contributed by atoms with Crippen LogP contribution in [-0.4, -0.2) is 53.4 Å². The van der Waals surface area contributed by atoms with Crippen LogP contribution in [0.4, 0.5) is 10.5 Å². The molecule has 0 bridgehead atoms. The molecule has 2 aliphatic rings. The van der Waals surface area contributed by atoms with Crippen LogP contribution in [0.1, 0.15) is 21.6 Å². The molecule has 0 atom stereocenters. The molecule has 1 N–H and O–H groups in total. The SMILES string of the molecule is COc1ccc(C(=O)N2CCc3c(cnn3-c3ccccc3)C2)cc1N1CCNC1=O. The monoisotopic (exact) mass is 417 g/mol. The summed E-state index contributed by atoms with van der Waals surface area (Å²) < 4.78 is 7.37. The van der Waals surface area contributed by atoms with E-state index in [1.807, 2.05) is 46.1 Å². The number of nitrogens with zero attached hydrogens (tertiary/aromatic N) is 4. The minimum atomic E-state index is -0.182. The molecule has 31 heavy (non-hydrogen) atoms. The van der Waals surface area contributed by atoms with Crippen molar-refractivity contribution >= 4 is 17.6 Å². The molecule has 0 aliphatic carbocycles. The molecule has 1 aromatic heterocycles. The second kappa shape index (κ2) is 7.79. The number of anilines is 1. The maximum Gasteiger partial charge on any atom is 0.322 e. The fourth-order valence-corrected chi connectivity index (χ4v) is 4.21. The van der Waals surface area contributed by atoms with Gasteiger partial charge in [0.1, 0.15) is 5.75 Å². The van der Waals surface area contributed by atoms with Crippen molar-refractivity contribution in [3.05, 3.63) is 71.5 Å². The molecule has 0 saturated carbocycles. The van der Waals surface area contributed by atoms with Crippen LogP contribution >= 0.6 is 0 Å². The molecule has 3 aromatic rings. The summed E-state index contributed by atoms with van der Waals surface area (Å²) in [4.78, 5) is 28.8. The Hall–Kier alpha value is -3.81. The highest BCUT2D eigenvalue weighted by Crippen LogP contribution is 2.31. The van der Waals surface area contributed by atoms with Gasteiger partial charge in [0.25, 0.3) is 5.91 Å². The Balaban J connectivity index is 1.40. The van der Waals surface area contributed by atoms with Gasteiger partial charge < -0.3 is 15.0 Å². The minimum absolute atomic E-state index is 0.0679. The van der Waals surface area contributed by atoms with E-state index in [0.717, 1.165) is 23.4 Å². The number of amides is 3. The molecule has 5 rings (SSSR count). The van der Waals surface area contributed by atoms with Crippen molar-refractivity contribution in [2.45, 2.75) is 13.0 Å². The van der Waals surface area contributed by atoms with Crippen molar-refractivity contribution in [1.82, 2.24) is 20.0 Å². The Kier molecular flexibility index (Phi) is 4.82. The van der Waals surface area contributed by atoms with Gasteiger partial charge in [0, 0.05) is 43.7 Å². The molecular weight excluding hydrogens is 394 g/mol. The van der Waals surface area contributed by atoms with E-state index in [1.165, 1.54) is 0 Å². The number of hydrogen-bond donors (Lipinski definition) is 1. The molecule has 8 heteroatoms. The zero-order valence-electron chi connectivity index (χ0n) is 17.2. The molecule has 3 heterocycles. The molecule has 2 aromatic carbocycles. The Labute approximate surface area is 180 Å². The number of hydrogen-bond acceptors (Lipinski definition) is 4. The number of carbonyl (C=O) groups excluding carboxylic acids is 2. The Bertz CT molecular complexity index is 1140. The number of benzene rings is 2. The van der Waals surface area contributed by atoms with Crippen LogP contribution in [0.25, 0.3) is 5.69 Å². The summed E-state index contributed by atoms with van der Waals surface area (Å²) in [6, 6.07) is 15.1. The van der Waals surface area contributed by atoms with E-state index in [2.05, 4.69) is 10.4 Å². The Morgan fingerprint density at radius 2 is 1.97 bits per heavy atom. The standard InChI is InChI=1S/C23H23N5O3/c1-31-21-8-7-16(13-20(21)27-12-10-24-23(27)30)22(29)26-11-9-19-17(15-26)14-25-28(19)18-5-3-2-4-6-18/h2-8,13-14H,9-12,15H2,1H3,(H,24,30). The van der Waals surface area contributed by atoms with E-state index in [1.54, 1.807) is 30.2 Å². The lowest BCUT2D eigenvalue weighted by atomic mass is 10.1. The zero-order valence-corrected chi connectivity index (χ0v) is 17.2. The summed E-state index contributed by atoms with van der Waals surface area (Å²) in [6.07, 6.45) is 2.57. The summed E-state index contributed by atoms with van der Waals surface area (Å²) >= 11 is 0. The molecule has 3 amide bonds. The predicted octanol–water partition coefficient (Wildman–Crippen LogP) is 2.61. The maximum atomic E-state index is 13.3. The first-order valence-corrected chi connectivity index (χ1v) is 10.3. The van der Waals surface area contributed by atoms with Gasteiger partial charge in [-0.25, -0.2) is 9.48 Å². The number of carbonyl (C=O) groups is 2. The third-order valence-corrected chi connectivity index (χ3v) is 5.80. The highest BCUT2D eigenvalue weighted by atomic mass is 16.5. The van der Waals surface area contributed by atoms with Crippen LogP contribution in [0.5, 0.6) is 5.75 Å². The first kappa shape index (κ1) is 19.2. The summed E-state index contributed by atoms with van der Waals surface area (Å²) in [5.74, 6) is 0.500. The number of ether oxygens (including phenoxy) is 1. The van der Waals surface area contributed by atoms with Crippen molar-refractivity contribution < 1.29 is 14.3 Å². The van der Waals surface area contributed by atoms with Gasteiger partial charge >= 0.3 is 6.03 Å². The maximum absolute atomic E-state index is 13.3. The summed E-state index contributed by atoms with van der Waals surface area (Å²) in [6.45, 7) is 2.22. The predicted molar refractivity (Wildman–Crippen MR) is 116 cm³/mol. The smallest absolute Gasteiger partial charge is 0.322 e. The van der Waals surface area contributed by atoms with Gasteiger partial charge in [-0.2, -0.15) is 5.10 Å². The molecule has 8 nitrogen and oxygen atoms in total. The van der Waals surface area contributed by atoms with Crippen molar-refractivity contribution in [2.24, 2.45) is 0 Å². The number of fused-ring (bicyclic) bond motifs is 1. The number of rotatable bonds is 4. The number of nitrogens with one attached hydrogen (secondary N) is 1. The van der Waals surface area contributed by atoms with Gasteiger partial charge in [0.2, 0.25) is 0 Å². The van der Waals surface area contributed by atoms with Gasteiger partial charge in [0.15, 0.2) is 0 Å². The molecule has 0 unspecified atom stereocenters. The largest absolute Gasteiger partial charge is 0.495 e. The van der Waals surface area contributed by atoms with Crippen molar-refractivity contribution in [2.75, 3.05) is 31.6 Å². The number of aromatic nitrogens is 2. The molecule has 1 fully saturated rings. The minimum Gasteiger partial charge on any atom is -0.495 e. The molecule has 2 aliphatic heterocycles. The fraction of sp³-hybridized carbons (Fsp3) is 0.261. The molecule has 0 spiro atoms. The fourth-order valence-electron chi connectivity index (χ4n) is 4.21. The normalized spacial score (nSPS) is 15.6. The Morgan fingerprint density at radius 1 is 1.13 bits per heavy atom. The lowest BCUT2D eigenvalue weighted by molar-refractivity contribution is 0.0733. The van der Waals surface area contributed by atoms with E-state index >= 15 is 0 Å². The molecular formula is C23H23N5O3. The van der Waals surface area contributed by atoms with E-state index in [-0.39, 0.29) is 11.9 Å². The zero-order chi connectivity index (χ0) is 21.4. The number of para-hydroxylation sites is 1. The molecule has 158 valence electrons. The second-order valence-corrected chi connectivity index (χ2v) is 7.61. The third-order valence-electron chi connectivity index (χ3n) is 5.80. The third kappa shape index (κ3) is 3.39. The van der Waals surface area contributed by atoms with E-state index in [0.29, 0.717) is 43.2 Å². The van der Waals surface area contributed by atoms with E-state index in [9.17, 15) is 9.59 Å².